The first-order valence-electron chi connectivity index (χ1n) is 6.92. The average molecular weight is 350 g/mol. The Hall–Kier alpha value is -2.07. The van der Waals surface area contributed by atoms with Crippen LogP contribution >= 0.6 is 23.1 Å². The second kappa shape index (κ2) is 6.59. The predicted molar refractivity (Wildman–Crippen MR) is 87.5 cm³/mol. The molecular formula is C13H14N6O2S2. The Kier molecular flexibility index (Phi) is 4.53. The highest BCUT2D eigenvalue weighted by Crippen LogP contribution is 2.25. The zero-order valence-electron chi connectivity index (χ0n) is 12.3. The first kappa shape index (κ1) is 15.8. The number of rotatable bonds is 4. The largest absolute Gasteiger partial charge is 0.374 e. The van der Waals surface area contributed by atoms with Crippen molar-refractivity contribution in [3.8, 4) is 0 Å². The molecule has 0 bridgehead atoms. The fourth-order valence-electron chi connectivity index (χ4n) is 2.26. The number of anilines is 2. The number of hydrogen-bond donors (Lipinski definition) is 2. The van der Waals surface area contributed by atoms with Crippen molar-refractivity contribution in [2.75, 3.05) is 16.8 Å². The van der Waals surface area contributed by atoms with E-state index in [-0.39, 0.29) is 29.3 Å². The van der Waals surface area contributed by atoms with Gasteiger partial charge in [-0.3, -0.25) is 14.9 Å². The summed E-state index contributed by atoms with van der Waals surface area (Å²) in [7, 11) is 0. The monoisotopic (exact) mass is 350 g/mol. The van der Waals surface area contributed by atoms with Crippen LogP contribution < -0.4 is 11.1 Å². The lowest BCUT2D eigenvalue weighted by Gasteiger charge is -2.19. The molecular weight excluding hydrogens is 336 g/mol. The average Bonchev–Trinajstić information content (AvgIpc) is 2.90. The van der Waals surface area contributed by atoms with Gasteiger partial charge >= 0.3 is 0 Å². The number of amides is 1. The maximum absolute atomic E-state index is 11.9. The minimum absolute atomic E-state index is 0.0565. The molecule has 0 aromatic carbocycles. The standard InChI is InChI=1S/C13H14N6O2S2/c1-6-2-8-7(9(20)3-6)4-15-12(16-8)17-10(21)5-22-13-19-18-11(14)23-13/h4,6H,2-3,5H2,1H3,(H2,14,18)(H,15,16,17,21). The van der Waals surface area contributed by atoms with E-state index in [2.05, 4.69) is 25.5 Å². The van der Waals surface area contributed by atoms with Gasteiger partial charge in [-0.1, -0.05) is 30.0 Å². The van der Waals surface area contributed by atoms with Crippen LogP contribution in [0.5, 0.6) is 0 Å². The molecule has 0 spiro atoms. The summed E-state index contributed by atoms with van der Waals surface area (Å²) in [6.07, 6.45) is 2.72. The van der Waals surface area contributed by atoms with Gasteiger partial charge in [-0.25, -0.2) is 9.97 Å². The number of aromatic nitrogens is 4. The Bertz CT molecular complexity index is 763. The topological polar surface area (TPSA) is 124 Å². The summed E-state index contributed by atoms with van der Waals surface area (Å²) in [6, 6.07) is 0. The SMILES string of the molecule is CC1CC(=O)c2cnc(NC(=O)CSc3nnc(N)s3)nc2C1. The van der Waals surface area contributed by atoms with Crippen molar-refractivity contribution in [2.24, 2.45) is 5.92 Å². The number of hydrogen-bond acceptors (Lipinski definition) is 9. The third-order valence-electron chi connectivity index (χ3n) is 3.24. The van der Waals surface area contributed by atoms with Gasteiger partial charge in [-0.2, -0.15) is 0 Å². The van der Waals surface area contributed by atoms with E-state index in [1.807, 2.05) is 6.92 Å². The fraction of sp³-hybridized carbons (Fsp3) is 0.385. The Morgan fingerprint density at radius 1 is 1.48 bits per heavy atom. The molecule has 10 heteroatoms. The molecule has 2 aromatic rings. The summed E-state index contributed by atoms with van der Waals surface area (Å²) in [5, 5.41) is 10.5. The van der Waals surface area contributed by atoms with Crippen LogP contribution in [-0.4, -0.2) is 37.6 Å². The number of fused-ring (bicyclic) bond motifs is 1. The van der Waals surface area contributed by atoms with Crippen LogP contribution in [-0.2, 0) is 11.2 Å². The number of nitrogen functional groups attached to an aromatic ring is 1. The lowest BCUT2D eigenvalue weighted by molar-refractivity contribution is -0.113. The van der Waals surface area contributed by atoms with E-state index in [1.165, 1.54) is 29.3 Å². The summed E-state index contributed by atoms with van der Waals surface area (Å²) in [6.45, 7) is 2.01. The summed E-state index contributed by atoms with van der Waals surface area (Å²) in [5.74, 6) is 0.435. The highest BCUT2D eigenvalue weighted by Gasteiger charge is 2.24. The molecule has 1 atom stereocenters. The molecule has 1 amide bonds. The van der Waals surface area contributed by atoms with Crippen LogP contribution in [0.1, 0.15) is 29.4 Å². The van der Waals surface area contributed by atoms with Crippen LogP contribution in [0.25, 0.3) is 0 Å². The Labute approximate surface area is 140 Å². The minimum atomic E-state index is -0.251. The molecule has 0 saturated heterocycles. The number of nitrogens with zero attached hydrogens (tertiary/aromatic N) is 4. The summed E-state index contributed by atoms with van der Waals surface area (Å²) >= 11 is 2.47. The van der Waals surface area contributed by atoms with Crippen molar-refractivity contribution in [2.45, 2.75) is 24.1 Å². The smallest absolute Gasteiger partial charge is 0.237 e. The Morgan fingerprint density at radius 2 is 2.30 bits per heavy atom. The van der Waals surface area contributed by atoms with Gasteiger partial charge in [0, 0.05) is 12.6 Å². The summed E-state index contributed by atoms with van der Waals surface area (Å²) in [4.78, 5) is 32.2. The quantitative estimate of drug-likeness (QED) is 0.793. The number of thioether (sulfide) groups is 1. The molecule has 0 aliphatic heterocycles. The normalized spacial score (nSPS) is 16.9. The lowest BCUT2D eigenvalue weighted by Crippen LogP contribution is -2.22. The van der Waals surface area contributed by atoms with E-state index in [4.69, 9.17) is 5.73 Å². The number of carbonyl (C=O) groups excluding carboxylic acids is 2. The maximum Gasteiger partial charge on any atom is 0.237 e. The van der Waals surface area contributed by atoms with Gasteiger partial charge < -0.3 is 5.73 Å². The minimum Gasteiger partial charge on any atom is -0.374 e. The first-order valence-corrected chi connectivity index (χ1v) is 8.72. The summed E-state index contributed by atoms with van der Waals surface area (Å²) < 4.78 is 0.628. The highest BCUT2D eigenvalue weighted by atomic mass is 32.2. The van der Waals surface area contributed by atoms with E-state index >= 15 is 0 Å². The molecule has 0 saturated carbocycles. The molecule has 8 nitrogen and oxygen atoms in total. The molecule has 23 heavy (non-hydrogen) atoms. The molecule has 1 unspecified atom stereocenters. The van der Waals surface area contributed by atoms with E-state index in [0.717, 1.165) is 0 Å². The van der Waals surface area contributed by atoms with Crippen LogP contribution in [0.2, 0.25) is 0 Å². The number of ketones is 1. The Balaban J connectivity index is 1.62. The molecule has 1 aliphatic carbocycles. The van der Waals surface area contributed by atoms with Crippen molar-refractivity contribution in [1.29, 1.82) is 0 Å². The molecule has 120 valence electrons. The van der Waals surface area contributed by atoms with Gasteiger partial charge in [0.1, 0.15) is 0 Å². The van der Waals surface area contributed by atoms with Crippen molar-refractivity contribution >= 4 is 45.9 Å². The van der Waals surface area contributed by atoms with Crippen LogP contribution in [0.15, 0.2) is 10.5 Å². The van der Waals surface area contributed by atoms with Gasteiger partial charge in [-0.05, 0) is 12.3 Å². The zero-order chi connectivity index (χ0) is 16.4. The third kappa shape index (κ3) is 3.82. The molecule has 2 aromatic heterocycles. The van der Waals surface area contributed by atoms with Crippen molar-refractivity contribution in [3.63, 3.8) is 0 Å². The van der Waals surface area contributed by atoms with Gasteiger partial charge in [0.2, 0.25) is 17.0 Å². The van der Waals surface area contributed by atoms with Crippen LogP contribution in [0.4, 0.5) is 11.1 Å². The molecule has 2 heterocycles. The van der Waals surface area contributed by atoms with Crippen molar-refractivity contribution in [1.82, 2.24) is 20.2 Å². The Morgan fingerprint density at radius 3 is 3.04 bits per heavy atom. The lowest BCUT2D eigenvalue weighted by atomic mass is 9.88. The predicted octanol–water partition coefficient (Wildman–Crippen LogP) is 1.41. The number of nitrogens with one attached hydrogen (secondary N) is 1. The second-order valence-electron chi connectivity index (χ2n) is 5.23. The molecule has 0 fully saturated rings. The van der Waals surface area contributed by atoms with Gasteiger partial charge in [0.25, 0.3) is 0 Å². The zero-order valence-corrected chi connectivity index (χ0v) is 13.9. The highest BCUT2D eigenvalue weighted by molar-refractivity contribution is 8.01. The number of carbonyl (C=O) groups is 2. The number of nitrogens with two attached hydrogens (primary N) is 1. The fourth-order valence-corrected chi connectivity index (χ4v) is 3.70. The van der Waals surface area contributed by atoms with Crippen LogP contribution in [0, 0.1) is 5.92 Å². The van der Waals surface area contributed by atoms with E-state index in [1.54, 1.807) is 0 Å². The van der Waals surface area contributed by atoms with E-state index in [9.17, 15) is 9.59 Å². The number of Topliss-reactive ketones (excluding diaryl/α,β-unsaturated/α-hetero) is 1. The van der Waals surface area contributed by atoms with Gasteiger partial charge in [0.05, 0.1) is 17.0 Å². The van der Waals surface area contributed by atoms with E-state index < -0.39 is 0 Å². The van der Waals surface area contributed by atoms with E-state index in [0.29, 0.717) is 33.6 Å². The molecule has 3 rings (SSSR count). The maximum atomic E-state index is 11.9. The molecule has 0 radical (unpaired) electrons. The van der Waals surface area contributed by atoms with Crippen molar-refractivity contribution in [3.05, 3.63) is 17.5 Å². The first-order chi connectivity index (χ1) is 11.0. The second-order valence-corrected chi connectivity index (χ2v) is 7.47. The third-order valence-corrected chi connectivity index (χ3v) is 5.13. The van der Waals surface area contributed by atoms with Gasteiger partial charge in [0.15, 0.2) is 10.1 Å². The van der Waals surface area contributed by atoms with Gasteiger partial charge in [-0.15, -0.1) is 10.2 Å². The van der Waals surface area contributed by atoms with Crippen molar-refractivity contribution < 1.29 is 9.59 Å². The van der Waals surface area contributed by atoms with Crippen LogP contribution in [0.3, 0.4) is 0 Å². The summed E-state index contributed by atoms with van der Waals surface area (Å²) in [5.41, 5.74) is 6.73. The molecule has 1 aliphatic rings. The molecule has 3 N–H and O–H groups in total.